The molecule has 3 heteroatoms. The second kappa shape index (κ2) is 3.05. The van der Waals surface area contributed by atoms with Crippen molar-refractivity contribution < 1.29 is 4.79 Å². The van der Waals surface area contributed by atoms with Gasteiger partial charge in [0.05, 0.1) is 6.04 Å². The summed E-state index contributed by atoms with van der Waals surface area (Å²) in [5.41, 5.74) is 2.46. The third kappa shape index (κ3) is 1.19. The van der Waals surface area contributed by atoms with E-state index in [4.69, 9.17) is 0 Å². The first-order valence-corrected chi connectivity index (χ1v) is 5.50. The van der Waals surface area contributed by atoms with E-state index in [2.05, 4.69) is 11.1 Å². The van der Waals surface area contributed by atoms with Gasteiger partial charge in [-0.3, -0.25) is 9.78 Å². The highest BCUT2D eigenvalue weighted by Gasteiger charge is 2.41. The molecule has 1 aromatic heterocycles. The van der Waals surface area contributed by atoms with Gasteiger partial charge in [-0.05, 0) is 24.5 Å². The van der Waals surface area contributed by atoms with Crippen molar-refractivity contribution in [2.45, 2.75) is 38.3 Å². The molecular weight excluding hydrogens is 188 g/mol. The number of carbonyl (C=O) groups is 1. The van der Waals surface area contributed by atoms with Gasteiger partial charge in [-0.1, -0.05) is 6.07 Å². The van der Waals surface area contributed by atoms with Gasteiger partial charge in [0.2, 0.25) is 5.91 Å². The molecule has 1 fully saturated rings. The Hall–Kier alpha value is -1.38. The second-order valence-electron chi connectivity index (χ2n) is 4.42. The largest absolute Gasteiger partial charge is 0.332 e. The summed E-state index contributed by atoms with van der Waals surface area (Å²) < 4.78 is 0. The minimum Gasteiger partial charge on any atom is -0.332 e. The molecule has 2 atom stereocenters. The first-order valence-electron chi connectivity index (χ1n) is 5.50. The zero-order valence-electron chi connectivity index (χ0n) is 8.81. The Morgan fingerprint density at radius 1 is 1.53 bits per heavy atom. The SMILES string of the molecule is CC(=O)N1[C@@H]2CC[C@H]1c1cccnc1C2. The van der Waals surface area contributed by atoms with E-state index in [1.165, 1.54) is 11.3 Å². The van der Waals surface area contributed by atoms with Crippen LogP contribution >= 0.6 is 0 Å². The molecule has 0 saturated carbocycles. The summed E-state index contributed by atoms with van der Waals surface area (Å²) in [4.78, 5) is 18.0. The van der Waals surface area contributed by atoms with Crippen LogP contribution in [0.4, 0.5) is 0 Å². The van der Waals surface area contributed by atoms with Crippen LogP contribution in [0.1, 0.15) is 37.1 Å². The van der Waals surface area contributed by atoms with Crippen LogP contribution in [-0.2, 0) is 11.2 Å². The molecule has 0 aliphatic carbocycles. The molecule has 78 valence electrons. The third-order valence-corrected chi connectivity index (χ3v) is 3.58. The highest BCUT2D eigenvalue weighted by Crippen LogP contribution is 2.42. The van der Waals surface area contributed by atoms with Crippen molar-refractivity contribution in [2.24, 2.45) is 0 Å². The van der Waals surface area contributed by atoms with Gasteiger partial charge in [-0.25, -0.2) is 0 Å². The molecule has 3 nitrogen and oxygen atoms in total. The van der Waals surface area contributed by atoms with Crippen molar-refractivity contribution in [1.29, 1.82) is 0 Å². The van der Waals surface area contributed by atoms with E-state index >= 15 is 0 Å². The van der Waals surface area contributed by atoms with E-state index in [-0.39, 0.29) is 5.91 Å². The molecule has 0 aromatic carbocycles. The summed E-state index contributed by atoms with van der Waals surface area (Å²) in [7, 11) is 0. The molecule has 0 unspecified atom stereocenters. The smallest absolute Gasteiger partial charge is 0.220 e. The van der Waals surface area contributed by atoms with Crippen LogP contribution in [0.2, 0.25) is 0 Å². The summed E-state index contributed by atoms with van der Waals surface area (Å²) in [5.74, 6) is 0.206. The molecule has 2 bridgehead atoms. The van der Waals surface area contributed by atoms with Gasteiger partial charge in [-0.2, -0.15) is 0 Å². The molecule has 15 heavy (non-hydrogen) atoms. The van der Waals surface area contributed by atoms with Crippen molar-refractivity contribution in [3.05, 3.63) is 29.6 Å². The van der Waals surface area contributed by atoms with Gasteiger partial charge in [-0.15, -0.1) is 0 Å². The Balaban J connectivity index is 2.08. The van der Waals surface area contributed by atoms with Crippen molar-refractivity contribution in [2.75, 3.05) is 0 Å². The van der Waals surface area contributed by atoms with E-state index in [9.17, 15) is 4.79 Å². The van der Waals surface area contributed by atoms with E-state index < -0.39 is 0 Å². The van der Waals surface area contributed by atoms with E-state index in [1.807, 2.05) is 17.2 Å². The molecule has 0 radical (unpaired) electrons. The second-order valence-corrected chi connectivity index (χ2v) is 4.42. The number of amides is 1. The number of carbonyl (C=O) groups excluding carboxylic acids is 1. The third-order valence-electron chi connectivity index (χ3n) is 3.58. The van der Waals surface area contributed by atoms with Gasteiger partial charge >= 0.3 is 0 Å². The predicted octanol–water partition coefficient (Wildman–Crippen LogP) is 1.69. The van der Waals surface area contributed by atoms with Crippen molar-refractivity contribution in [1.82, 2.24) is 9.88 Å². The zero-order valence-corrected chi connectivity index (χ0v) is 8.81. The van der Waals surface area contributed by atoms with E-state index in [1.54, 1.807) is 6.92 Å². The molecule has 2 aliphatic rings. The van der Waals surface area contributed by atoms with Gasteiger partial charge in [0.15, 0.2) is 0 Å². The standard InChI is InChI=1S/C12H14N2O/c1-8(15)14-9-4-5-12(14)10-3-2-6-13-11(10)7-9/h2-3,6,9,12H,4-5,7H2,1H3/t9-,12+/m1/s1. The Bertz CT molecular complexity index is 416. The van der Waals surface area contributed by atoms with Crippen LogP contribution in [0.25, 0.3) is 0 Å². The van der Waals surface area contributed by atoms with Crippen molar-refractivity contribution in [3.63, 3.8) is 0 Å². The number of hydrogen-bond acceptors (Lipinski definition) is 2. The minimum absolute atomic E-state index is 0.206. The summed E-state index contributed by atoms with van der Waals surface area (Å²) in [6.07, 6.45) is 5.01. The number of fused-ring (bicyclic) bond motifs is 4. The fourth-order valence-corrected chi connectivity index (χ4v) is 3.01. The zero-order chi connectivity index (χ0) is 10.4. The number of aromatic nitrogens is 1. The molecule has 3 rings (SSSR count). The maximum atomic E-state index is 11.6. The Morgan fingerprint density at radius 3 is 3.20 bits per heavy atom. The fourth-order valence-electron chi connectivity index (χ4n) is 3.01. The number of hydrogen-bond donors (Lipinski definition) is 0. The quantitative estimate of drug-likeness (QED) is 0.641. The Labute approximate surface area is 89.1 Å². The molecule has 3 heterocycles. The Kier molecular flexibility index (Phi) is 1.81. The van der Waals surface area contributed by atoms with Crippen LogP contribution in [0.5, 0.6) is 0 Å². The topological polar surface area (TPSA) is 33.2 Å². The molecular formula is C12H14N2O. The lowest BCUT2D eigenvalue weighted by atomic mass is 9.98. The number of nitrogens with zero attached hydrogens (tertiary/aromatic N) is 2. The fraction of sp³-hybridized carbons (Fsp3) is 0.500. The van der Waals surface area contributed by atoms with Crippen molar-refractivity contribution >= 4 is 5.91 Å². The molecule has 0 spiro atoms. The van der Waals surface area contributed by atoms with Crippen LogP contribution in [0.3, 0.4) is 0 Å². The molecule has 2 aliphatic heterocycles. The predicted molar refractivity (Wildman–Crippen MR) is 56.2 cm³/mol. The summed E-state index contributed by atoms with van der Waals surface area (Å²) in [5, 5.41) is 0. The van der Waals surface area contributed by atoms with Crippen molar-refractivity contribution in [3.8, 4) is 0 Å². The van der Waals surface area contributed by atoms with Gasteiger partial charge in [0.1, 0.15) is 0 Å². The summed E-state index contributed by atoms with van der Waals surface area (Å²) in [6, 6.07) is 4.78. The van der Waals surface area contributed by atoms with Gasteiger partial charge in [0.25, 0.3) is 0 Å². The number of rotatable bonds is 0. The first-order chi connectivity index (χ1) is 7.27. The minimum atomic E-state index is 0.206. The lowest BCUT2D eigenvalue weighted by Gasteiger charge is -2.34. The van der Waals surface area contributed by atoms with E-state index in [0.717, 1.165) is 19.3 Å². The molecule has 1 saturated heterocycles. The highest BCUT2D eigenvalue weighted by atomic mass is 16.2. The molecule has 1 aromatic rings. The number of pyridine rings is 1. The average molecular weight is 202 g/mol. The molecule has 1 amide bonds. The van der Waals surface area contributed by atoms with Gasteiger partial charge < -0.3 is 4.90 Å². The Morgan fingerprint density at radius 2 is 2.40 bits per heavy atom. The van der Waals surface area contributed by atoms with Crippen LogP contribution < -0.4 is 0 Å². The monoisotopic (exact) mass is 202 g/mol. The maximum Gasteiger partial charge on any atom is 0.220 e. The first kappa shape index (κ1) is 8.89. The van der Waals surface area contributed by atoms with Crippen LogP contribution in [-0.4, -0.2) is 21.8 Å². The van der Waals surface area contributed by atoms with E-state index in [0.29, 0.717) is 12.1 Å². The normalized spacial score (nSPS) is 27.7. The summed E-state index contributed by atoms with van der Waals surface area (Å²) in [6.45, 7) is 1.67. The maximum absolute atomic E-state index is 11.6. The highest BCUT2D eigenvalue weighted by molar-refractivity contribution is 5.75. The average Bonchev–Trinajstić information content (AvgIpc) is 2.55. The molecule has 0 N–H and O–H groups in total. The lowest BCUT2D eigenvalue weighted by Crippen LogP contribution is -2.40. The lowest BCUT2D eigenvalue weighted by molar-refractivity contribution is -0.132. The van der Waals surface area contributed by atoms with Crippen LogP contribution in [0, 0.1) is 0 Å². The van der Waals surface area contributed by atoms with Crippen LogP contribution in [0.15, 0.2) is 18.3 Å². The van der Waals surface area contributed by atoms with Gasteiger partial charge in [0, 0.05) is 31.3 Å². The summed E-state index contributed by atoms with van der Waals surface area (Å²) >= 11 is 0.